The molecule has 1 saturated heterocycles. The summed E-state index contributed by atoms with van der Waals surface area (Å²) < 4.78 is 26.8. The van der Waals surface area contributed by atoms with Crippen LogP contribution in [0.3, 0.4) is 0 Å². The van der Waals surface area contributed by atoms with E-state index in [9.17, 15) is 8.42 Å². The minimum absolute atomic E-state index is 0. The molecule has 2 heterocycles. The smallest absolute Gasteiger partial charge is 0.215 e. The molecule has 0 saturated carbocycles. The van der Waals surface area contributed by atoms with E-state index in [1.165, 1.54) is 0 Å². The summed E-state index contributed by atoms with van der Waals surface area (Å²) in [5, 5.41) is 6.42. The van der Waals surface area contributed by atoms with Crippen molar-refractivity contribution in [3.8, 4) is 0 Å². The maximum atomic E-state index is 12.6. The number of nitrogens with one attached hydrogen (secondary N) is 2. The van der Waals surface area contributed by atoms with Crippen molar-refractivity contribution in [3.63, 3.8) is 0 Å². The van der Waals surface area contributed by atoms with Crippen molar-refractivity contribution in [2.75, 3.05) is 50.4 Å². The van der Waals surface area contributed by atoms with Crippen LogP contribution in [0.5, 0.6) is 0 Å². The summed E-state index contributed by atoms with van der Waals surface area (Å²) in [6.07, 6.45) is 7.98. The van der Waals surface area contributed by atoms with Gasteiger partial charge in [-0.05, 0) is 25.0 Å². The number of hydrogen-bond donors (Lipinski definition) is 2. The Balaban J connectivity index is 0.00000280. The number of aromatic nitrogens is 1. The van der Waals surface area contributed by atoms with Crippen LogP contribution in [0.4, 0.5) is 5.82 Å². The topological polar surface area (TPSA) is 89.9 Å². The predicted octanol–water partition coefficient (Wildman–Crippen LogP) is 1.04. The molecule has 1 fully saturated rings. The lowest BCUT2D eigenvalue weighted by Crippen LogP contribution is -2.51. The molecule has 28 heavy (non-hydrogen) atoms. The minimum atomic E-state index is -3.29. The van der Waals surface area contributed by atoms with Gasteiger partial charge in [0.2, 0.25) is 10.0 Å². The number of pyridine rings is 1. The van der Waals surface area contributed by atoms with Crippen LogP contribution >= 0.6 is 24.0 Å². The highest BCUT2D eigenvalue weighted by Crippen LogP contribution is 2.14. The van der Waals surface area contributed by atoms with Crippen LogP contribution in [0, 0.1) is 0 Å². The van der Waals surface area contributed by atoms with E-state index in [0.717, 1.165) is 18.7 Å². The zero-order valence-electron chi connectivity index (χ0n) is 16.1. The van der Waals surface area contributed by atoms with Crippen LogP contribution < -0.4 is 15.5 Å². The quantitative estimate of drug-likeness (QED) is 0.252. The Hall–Kier alpha value is -1.40. The number of anilines is 1. The van der Waals surface area contributed by atoms with E-state index in [2.05, 4.69) is 37.7 Å². The van der Waals surface area contributed by atoms with Crippen molar-refractivity contribution in [2.24, 2.45) is 4.99 Å². The highest BCUT2D eigenvalue weighted by molar-refractivity contribution is 14.0. The summed E-state index contributed by atoms with van der Waals surface area (Å²) in [4.78, 5) is 10.6. The summed E-state index contributed by atoms with van der Waals surface area (Å²) in [5.41, 5.74) is 0. The molecule has 1 aromatic heterocycles. The molecule has 0 unspecified atom stereocenters. The molecule has 0 amide bonds. The fourth-order valence-corrected chi connectivity index (χ4v) is 4.62. The first kappa shape index (κ1) is 22.9. The molecule has 2 N–H and O–H groups in total. The largest absolute Gasteiger partial charge is 0.355 e. The van der Waals surface area contributed by atoms with Gasteiger partial charge in [-0.1, -0.05) is 18.2 Å². The van der Waals surface area contributed by atoms with Gasteiger partial charge in [-0.25, -0.2) is 13.4 Å². The third-order valence-electron chi connectivity index (χ3n) is 4.83. The predicted molar refractivity (Wildman–Crippen MR) is 124 cm³/mol. The Morgan fingerprint density at radius 3 is 2.54 bits per heavy atom. The molecule has 0 spiro atoms. The number of hydrogen-bond acceptors (Lipinski definition) is 5. The van der Waals surface area contributed by atoms with Crippen molar-refractivity contribution in [1.82, 2.24) is 19.9 Å². The fourth-order valence-electron chi connectivity index (χ4n) is 3.29. The van der Waals surface area contributed by atoms with Gasteiger partial charge >= 0.3 is 0 Å². The highest BCUT2D eigenvalue weighted by Gasteiger charge is 2.27. The molecule has 2 aliphatic rings. The van der Waals surface area contributed by atoms with E-state index in [1.54, 1.807) is 17.5 Å². The Labute approximate surface area is 184 Å². The standard InChI is InChI=1S/C18H28N6O2S.HI/c1-19-18(22-16-6-2-3-7-16)21-10-15-27(25,26)24-13-11-23(12-14-24)17-8-4-5-9-20-17;/h2-5,8-9,16H,6-7,10-15H2,1H3,(H2,19,21,22);1H. The molecule has 156 valence electrons. The molecule has 1 aromatic rings. The van der Waals surface area contributed by atoms with Gasteiger partial charge in [0.25, 0.3) is 0 Å². The summed E-state index contributed by atoms with van der Waals surface area (Å²) in [5.74, 6) is 1.60. The second-order valence-electron chi connectivity index (χ2n) is 6.67. The minimum Gasteiger partial charge on any atom is -0.355 e. The van der Waals surface area contributed by atoms with E-state index >= 15 is 0 Å². The van der Waals surface area contributed by atoms with E-state index in [1.807, 2.05) is 18.2 Å². The number of nitrogens with zero attached hydrogens (tertiary/aromatic N) is 4. The second kappa shape index (κ2) is 11.0. The van der Waals surface area contributed by atoms with Gasteiger partial charge in [-0.3, -0.25) is 4.99 Å². The zero-order chi connectivity index (χ0) is 19.1. The first-order valence-electron chi connectivity index (χ1n) is 9.34. The number of guanidine groups is 1. The Bertz CT molecular complexity index is 756. The van der Waals surface area contributed by atoms with Crippen LogP contribution in [0.15, 0.2) is 41.5 Å². The second-order valence-corrected chi connectivity index (χ2v) is 8.76. The molecule has 10 heteroatoms. The molecular weight excluding hydrogens is 491 g/mol. The molecule has 0 bridgehead atoms. The normalized spacial score (nSPS) is 18.8. The molecule has 3 rings (SSSR count). The Kier molecular flexibility index (Phi) is 8.96. The summed E-state index contributed by atoms with van der Waals surface area (Å²) in [6, 6.07) is 6.11. The lowest BCUT2D eigenvalue weighted by atomic mass is 10.2. The number of sulfonamides is 1. The monoisotopic (exact) mass is 520 g/mol. The molecule has 1 aliphatic heterocycles. The lowest BCUT2D eigenvalue weighted by Gasteiger charge is -2.34. The average molecular weight is 520 g/mol. The maximum absolute atomic E-state index is 12.6. The van der Waals surface area contributed by atoms with Crippen LogP contribution in [-0.2, 0) is 10.0 Å². The zero-order valence-corrected chi connectivity index (χ0v) is 19.3. The third kappa shape index (κ3) is 6.31. The van der Waals surface area contributed by atoms with Crippen molar-refractivity contribution < 1.29 is 8.42 Å². The first-order valence-corrected chi connectivity index (χ1v) is 11.0. The van der Waals surface area contributed by atoms with Crippen molar-refractivity contribution in [2.45, 2.75) is 18.9 Å². The van der Waals surface area contributed by atoms with Gasteiger partial charge in [-0.2, -0.15) is 4.31 Å². The van der Waals surface area contributed by atoms with E-state index in [4.69, 9.17) is 0 Å². The molecule has 0 aromatic carbocycles. The van der Waals surface area contributed by atoms with E-state index in [0.29, 0.717) is 44.7 Å². The Morgan fingerprint density at radius 1 is 1.21 bits per heavy atom. The molecule has 1 aliphatic carbocycles. The van der Waals surface area contributed by atoms with Gasteiger partial charge in [0.1, 0.15) is 5.82 Å². The van der Waals surface area contributed by atoms with Crippen LogP contribution in [0.25, 0.3) is 0 Å². The number of halogens is 1. The highest BCUT2D eigenvalue weighted by atomic mass is 127. The summed E-state index contributed by atoms with van der Waals surface area (Å²) >= 11 is 0. The summed E-state index contributed by atoms with van der Waals surface area (Å²) in [7, 11) is -1.59. The summed E-state index contributed by atoms with van der Waals surface area (Å²) in [6.45, 7) is 2.62. The van der Waals surface area contributed by atoms with Crippen molar-refractivity contribution in [1.29, 1.82) is 0 Å². The third-order valence-corrected chi connectivity index (χ3v) is 6.70. The van der Waals surface area contributed by atoms with E-state index in [-0.39, 0.29) is 29.7 Å². The SMILES string of the molecule is CN=C(NCCS(=O)(=O)N1CCN(c2ccccn2)CC1)NC1CC=CC1.I. The number of rotatable bonds is 6. The van der Waals surface area contributed by atoms with Crippen LogP contribution in [0.1, 0.15) is 12.8 Å². The molecular formula is C18H29IN6O2S. The van der Waals surface area contributed by atoms with Crippen LogP contribution in [0.2, 0.25) is 0 Å². The average Bonchev–Trinajstić information content (AvgIpc) is 3.21. The lowest BCUT2D eigenvalue weighted by molar-refractivity contribution is 0.384. The Morgan fingerprint density at radius 2 is 1.93 bits per heavy atom. The molecule has 0 radical (unpaired) electrons. The van der Waals surface area contributed by atoms with Gasteiger partial charge in [0, 0.05) is 52.0 Å². The first-order chi connectivity index (χ1) is 13.1. The van der Waals surface area contributed by atoms with Gasteiger partial charge in [-0.15, -0.1) is 24.0 Å². The molecule has 8 nitrogen and oxygen atoms in total. The van der Waals surface area contributed by atoms with Crippen LogP contribution in [-0.4, -0.2) is 75.2 Å². The fraction of sp³-hybridized carbons (Fsp3) is 0.556. The number of aliphatic imine (C=N–C) groups is 1. The van der Waals surface area contributed by atoms with Crippen molar-refractivity contribution in [3.05, 3.63) is 36.5 Å². The van der Waals surface area contributed by atoms with Gasteiger partial charge in [0.15, 0.2) is 5.96 Å². The number of piperazine rings is 1. The molecule has 0 atom stereocenters. The van der Waals surface area contributed by atoms with Gasteiger partial charge in [0.05, 0.1) is 5.75 Å². The van der Waals surface area contributed by atoms with Crippen molar-refractivity contribution >= 4 is 45.8 Å². The van der Waals surface area contributed by atoms with Gasteiger partial charge < -0.3 is 15.5 Å². The van der Waals surface area contributed by atoms with E-state index < -0.39 is 10.0 Å². The maximum Gasteiger partial charge on any atom is 0.215 e.